The first-order chi connectivity index (χ1) is 11.7. The van der Waals surface area contributed by atoms with Crippen LogP contribution in [0.5, 0.6) is 11.5 Å². The first kappa shape index (κ1) is 18.9. The van der Waals surface area contributed by atoms with Crippen molar-refractivity contribution in [3.05, 3.63) is 23.8 Å². The van der Waals surface area contributed by atoms with Crippen LogP contribution in [0.3, 0.4) is 0 Å². The molecule has 1 aromatic rings. The van der Waals surface area contributed by atoms with Gasteiger partial charge in [0.1, 0.15) is 18.2 Å². The molecule has 0 aliphatic carbocycles. The molecule has 2 rings (SSSR count). The highest BCUT2D eigenvalue weighted by molar-refractivity contribution is 5.86. The first-order valence-corrected chi connectivity index (χ1v) is 8.47. The predicted molar refractivity (Wildman–Crippen MR) is 94.7 cm³/mol. The maximum absolute atomic E-state index is 12.1. The molecule has 0 saturated carbocycles. The predicted octanol–water partition coefficient (Wildman–Crippen LogP) is 1.59. The number of amides is 3. The van der Waals surface area contributed by atoms with Crippen LogP contribution >= 0.6 is 0 Å². The number of fused-ring (bicyclic) bond motifs is 1. The Morgan fingerprint density at radius 3 is 2.72 bits per heavy atom. The number of urea groups is 1. The van der Waals surface area contributed by atoms with Crippen molar-refractivity contribution in [3.63, 3.8) is 0 Å². The number of hydrogen-bond acceptors (Lipinski definition) is 4. The van der Waals surface area contributed by atoms with Gasteiger partial charge in [0.15, 0.2) is 11.5 Å². The Hall–Kier alpha value is -2.44. The average Bonchev–Trinajstić information content (AvgIpc) is 2.83. The Kier molecular flexibility index (Phi) is 5.77. The van der Waals surface area contributed by atoms with Crippen molar-refractivity contribution in [3.8, 4) is 11.5 Å². The van der Waals surface area contributed by atoms with Crippen molar-refractivity contribution < 1.29 is 19.1 Å². The van der Waals surface area contributed by atoms with Crippen molar-refractivity contribution in [1.29, 1.82) is 0 Å². The van der Waals surface area contributed by atoms with E-state index in [0.29, 0.717) is 18.9 Å². The van der Waals surface area contributed by atoms with Crippen LogP contribution in [0.2, 0.25) is 0 Å². The van der Waals surface area contributed by atoms with Crippen LogP contribution in [-0.2, 0) is 11.2 Å². The zero-order valence-electron chi connectivity index (χ0n) is 15.2. The van der Waals surface area contributed by atoms with Crippen LogP contribution in [0.1, 0.15) is 33.3 Å². The summed E-state index contributed by atoms with van der Waals surface area (Å²) in [5.41, 5.74) is 5.99. The monoisotopic (exact) mass is 349 g/mol. The maximum Gasteiger partial charge on any atom is 0.312 e. The topological polar surface area (TPSA) is 103 Å². The molecule has 0 spiro atoms. The van der Waals surface area contributed by atoms with Crippen LogP contribution < -0.4 is 25.8 Å². The summed E-state index contributed by atoms with van der Waals surface area (Å²) in [6.07, 6.45) is 0.838. The van der Waals surface area contributed by atoms with E-state index in [1.54, 1.807) is 0 Å². The van der Waals surface area contributed by atoms with Gasteiger partial charge in [-0.1, -0.05) is 26.0 Å². The average molecular weight is 349 g/mol. The van der Waals surface area contributed by atoms with E-state index in [-0.39, 0.29) is 17.4 Å². The molecular weight excluding hydrogens is 322 g/mol. The number of hydrogen-bond donors (Lipinski definition) is 3. The second-order valence-electron chi connectivity index (χ2n) is 7.15. The van der Waals surface area contributed by atoms with Gasteiger partial charge in [0.25, 0.3) is 0 Å². The van der Waals surface area contributed by atoms with Crippen LogP contribution in [0, 0.1) is 5.92 Å². The third kappa shape index (κ3) is 5.01. The quantitative estimate of drug-likeness (QED) is 0.650. The van der Waals surface area contributed by atoms with Gasteiger partial charge in [0, 0.05) is 12.0 Å². The number of nitrogens with one attached hydrogen (secondary N) is 2. The van der Waals surface area contributed by atoms with E-state index < -0.39 is 12.1 Å². The van der Waals surface area contributed by atoms with Crippen molar-refractivity contribution in [2.24, 2.45) is 11.7 Å². The summed E-state index contributed by atoms with van der Waals surface area (Å²) < 4.78 is 11.7. The Labute approximate surface area is 148 Å². The second kappa shape index (κ2) is 7.63. The lowest BCUT2D eigenvalue weighted by molar-refractivity contribution is -0.123. The smallest absolute Gasteiger partial charge is 0.312 e. The minimum Gasteiger partial charge on any atom is -0.488 e. The number of rotatable bonds is 7. The van der Waals surface area contributed by atoms with Gasteiger partial charge in [-0.3, -0.25) is 4.79 Å². The molecule has 0 fully saturated rings. The normalized spacial score (nSPS) is 15.9. The first-order valence-electron chi connectivity index (χ1n) is 8.47. The standard InChI is InChI=1S/C18H27N3O4/c1-11(2)14(21-17(19)23)16(22)20-8-9-24-13-7-5-6-12-10-18(3,4)25-15(12)13/h5-7,11,14H,8-10H2,1-4H3,(H,20,22)(H3,19,21,23). The third-order valence-electron chi connectivity index (χ3n) is 3.96. The summed E-state index contributed by atoms with van der Waals surface area (Å²) in [6.45, 7) is 8.36. The molecule has 0 bridgehead atoms. The van der Waals surface area contributed by atoms with E-state index in [4.69, 9.17) is 15.2 Å². The summed E-state index contributed by atoms with van der Waals surface area (Å²) in [5, 5.41) is 5.20. The van der Waals surface area contributed by atoms with Crippen LogP contribution in [0.15, 0.2) is 18.2 Å². The Bertz CT molecular complexity index is 643. The minimum atomic E-state index is -0.718. The van der Waals surface area contributed by atoms with Crippen molar-refractivity contribution in [2.75, 3.05) is 13.2 Å². The molecule has 1 atom stereocenters. The molecule has 25 heavy (non-hydrogen) atoms. The lowest BCUT2D eigenvalue weighted by Gasteiger charge is -2.21. The molecule has 1 heterocycles. The Morgan fingerprint density at radius 2 is 2.08 bits per heavy atom. The molecule has 7 heteroatoms. The van der Waals surface area contributed by atoms with Gasteiger partial charge in [0.2, 0.25) is 5.91 Å². The lowest BCUT2D eigenvalue weighted by Crippen LogP contribution is -2.51. The van der Waals surface area contributed by atoms with Gasteiger partial charge in [-0.2, -0.15) is 0 Å². The highest BCUT2D eigenvalue weighted by Crippen LogP contribution is 2.41. The maximum atomic E-state index is 12.1. The van der Waals surface area contributed by atoms with Crippen molar-refractivity contribution in [2.45, 2.75) is 45.8 Å². The lowest BCUT2D eigenvalue weighted by atomic mass is 10.0. The third-order valence-corrected chi connectivity index (χ3v) is 3.96. The molecule has 0 radical (unpaired) electrons. The van der Waals surface area contributed by atoms with E-state index in [2.05, 4.69) is 10.6 Å². The minimum absolute atomic E-state index is 0.0681. The summed E-state index contributed by atoms with van der Waals surface area (Å²) in [6, 6.07) is 4.44. The Morgan fingerprint density at radius 1 is 1.36 bits per heavy atom. The summed E-state index contributed by atoms with van der Waals surface area (Å²) in [4.78, 5) is 23.1. The molecule has 3 amide bonds. The molecule has 7 nitrogen and oxygen atoms in total. The molecule has 1 aliphatic heterocycles. The van der Waals surface area contributed by atoms with Gasteiger partial charge < -0.3 is 25.8 Å². The zero-order valence-corrected chi connectivity index (χ0v) is 15.2. The largest absolute Gasteiger partial charge is 0.488 e. The fourth-order valence-electron chi connectivity index (χ4n) is 2.83. The van der Waals surface area contributed by atoms with Crippen LogP contribution in [-0.4, -0.2) is 36.7 Å². The SMILES string of the molecule is CC(C)C(NC(N)=O)C(=O)NCCOc1cccc2c1OC(C)(C)C2. The number of para-hydroxylation sites is 1. The number of nitrogens with two attached hydrogens (primary N) is 1. The molecule has 1 aliphatic rings. The number of primary amides is 1. The highest BCUT2D eigenvalue weighted by atomic mass is 16.5. The second-order valence-corrected chi connectivity index (χ2v) is 7.15. The van der Waals surface area contributed by atoms with Crippen LogP contribution in [0.4, 0.5) is 4.79 Å². The summed E-state index contributed by atoms with van der Waals surface area (Å²) in [5.74, 6) is 1.09. The van der Waals surface area contributed by atoms with E-state index in [1.165, 1.54) is 0 Å². The summed E-state index contributed by atoms with van der Waals surface area (Å²) >= 11 is 0. The van der Waals surface area contributed by atoms with Gasteiger partial charge in [0.05, 0.1) is 6.54 Å². The molecule has 1 aromatic carbocycles. The van der Waals surface area contributed by atoms with E-state index in [0.717, 1.165) is 17.7 Å². The fraction of sp³-hybridized carbons (Fsp3) is 0.556. The van der Waals surface area contributed by atoms with Crippen molar-refractivity contribution in [1.82, 2.24) is 10.6 Å². The molecule has 0 saturated heterocycles. The van der Waals surface area contributed by atoms with E-state index in [1.807, 2.05) is 45.9 Å². The summed E-state index contributed by atoms with van der Waals surface area (Å²) in [7, 11) is 0. The van der Waals surface area contributed by atoms with Gasteiger partial charge >= 0.3 is 6.03 Å². The molecule has 0 aromatic heterocycles. The number of benzene rings is 1. The van der Waals surface area contributed by atoms with E-state index in [9.17, 15) is 9.59 Å². The zero-order chi connectivity index (χ0) is 18.6. The van der Waals surface area contributed by atoms with Crippen molar-refractivity contribution >= 4 is 11.9 Å². The number of ether oxygens (including phenoxy) is 2. The Balaban J connectivity index is 1.85. The van der Waals surface area contributed by atoms with Gasteiger partial charge in [-0.25, -0.2) is 4.79 Å². The molecular formula is C18H27N3O4. The van der Waals surface area contributed by atoms with Gasteiger partial charge in [-0.15, -0.1) is 0 Å². The fourth-order valence-corrected chi connectivity index (χ4v) is 2.83. The number of carbonyl (C=O) groups excluding carboxylic acids is 2. The molecule has 4 N–H and O–H groups in total. The molecule has 138 valence electrons. The highest BCUT2D eigenvalue weighted by Gasteiger charge is 2.32. The van der Waals surface area contributed by atoms with Crippen LogP contribution in [0.25, 0.3) is 0 Å². The van der Waals surface area contributed by atoms with E-state index >= 15 is 0 Å². The van der Waals surface area contributed by atoms with Gasteiger partial charge in [-0.05, 0) is 25.8 Å². The number of carbonyl (C=O) groups is 2. The molecule has 1 unspecified atom stereocenters.